The first-order valence-electron chi connectivity index (χ1n) is 4.38. The number of carbonyl (C=O) groups excluding carboxylic acids is 1. The largest absolute Gasteiger partial charge is 0.287 e. The smallest absolute Gasteiger partial charge is 0.227 e. The van der Waals surface area contributed by atoms with Crippen LogP contribution in [0.3, 0.4) is 0 Å². The first-order chi connectivity index (χ1) is 6.72. The molecule has 0 spiro atoms. The van der Waals surface area contributed by atoms with Crippen molar-refractivity contribution in [2.75, 3.05) is 6.26 Å². The molecule has 2 nitrogen and oxygen atoms in total. The Morgan fingerprint density at radius 2 is 2.14 bits per heavy atom. The molecule has 14 heavy (non-hydrogen) atoms. The van der Waals surface area contributed by atoms with Crippen molar-refractivity contribution in [1.82, 2.24) is 4.57 Å². The number of benzene rings is 1. The number of hydrogen-bond donors (Lipinski definition) is 0. The Bertz CT molecular complexity index is 487. The molecule has 0 fully saturated rings. The van der Waals surface area contributed by atoms with Crippen LogP contribution in [0.2, 0.25) is 0 Å². The maximum atomic E-state index is 11.3. The van der Waals surface area contributed by atoms with Crippen LogP contribution < -0.4 is 0 Å². The van der Waals surface area contributed by atoms with Gasteiger partial charge in [-0.2, -0.15) is 0 Å². The molecule has 0 saturated carbocycles. The molecule has 3 heteroatoms. The number of rotatable bonds is 1. The third-order valence-electron chi connectivity index (χ3n) is 2.24. The van der Waals surface area contributed by atoms with Crippen molar-refractivity contribution in [3.8, 4) is 0 Å². The third kappa shape index (κ3) is 1.44. The van der Waals surface area contributed by atoms with Gasteiger partial charge in [-0.15, -0.1) is 11.8 Å². The lowest BCUT2D eigenvalue weighted by Crippen LogP contribution is -2.02. The molecular weight excluding hydrogens is 194 g/mol. The topological polar surface area (TPSA) is 22.0 Å². The molecule has 0 aliphatic carbocycles. The second kappa shape index (κ2) is 3.50. The van der Waals surface area contributed by atoms with Gasteiger partial charge in [0.15, 0.2) is 0 Å². The molecule has 0 aliphatic rings. The summed E-state index contributed by atoms with van der Waals surface area (Å²) in [7, 11) is 0. The maximum Gasteiger partial charge on any atom is 0.227 e. The average molecular weight is 205 g/mol. The molecule has 0 atom stereocenters. The normalized spacial score (nSPS) is 10.7. The number of aromatic nitrogens is 1. The summed E-state index contributed by atoms with van der Waals surface area (Å²) in [6, 6.07) is 8.11. The second-order valence-corrected chi connectivity index (χ2v) is 4.01. The predicted molar refractivity (Wildman–Crippen MR) is 60.0 cm³/mol. The Balaban J connectivity index is 2.69. The van der Waals surface area contributed by atoms with E-state index in [0.29, 0.717) is 0 Å². The van der Waals surface area contributed by atoms with E-state index in [1.54, 1.807) is 23.3 Å². The van der Waals surface area contributed by atoms with Gasteiger partial charge in [-0.3, -0.25) is 9.36 Å². The van der Waals surface area contributed by atoms with E-state index in [4.69, 9.17) is 0 Å². The zero-order valence-corrected chi connectivity index (χ0v) is 8.97. The van der Waals surface area contributed by atoms with Gasteiger partial charge in [0, 0.05) is 23.4 Å². The minimum atomic E-state index is 0.0539. The molecule has 1 heterocycles. The quantitative estimate of drug-likeness (QED) is 0.667. The highest BCUT2D eigenvalue weighted by Gasteiger charge is 2.04. The molecule has 0 radical (unpaired) electrons. The summed E-state index contributed by atoms with van der Waals surface area (Å²) in [5.74, 6) is 0.0539. The average Bonchev–Trinajstić information content (AvgIpc) is 2.59. The summed E-state index contributed by atoms with van der Waals surface area (Å²) in [6.07, 6.45) is 3.85. The van der Waals surface area contributed by atoms with Crippen molar-refractivity contribution in [2.45, 2.75) is 11.8 Å². The predicted octanol–water partition coefficient (Wildman–Crippen LogP) is 3.02. The molecule has 0 amide bonds. The summed E-state index contributed by atoms with van der Waals surface area (Å²) in [4.78, 5) is 12.5. The molecule has 0 N–H and O–H groups in total. The Kier molecular flexibility index (Phi) is 2.33. The Labute approximate surface area is 86.9 Å². The van der Waals surface area contributed by atoms with Gasteiger partial charge < -0.3 is 0 Å². The number of carbonyl (C=O) groups is 1. The summed E-state index contributed by atoms with van der Waals surface area (Å²) < 4.78 is 1.68. The highest BCUT2D eigenvalue weighted by atomic mass is 32.2. The van der Waals surface area contributed by atoms with E-state index in [1.165, 1.54) is 4.90 Å². The summed E-state index contributed by atoms with van der Waals surface area (Å²) in [5, 5.41) is 1.11. The van der Waals surface area contributed by atoms with E-state index in [0.717, 1.165) is 10.9 Å². The number of thioether (sulfide) groups is 1. The number of fused-ring (bicyclic) bond motifs is 1. The van der Waals surface area contributed by atoms with Crippen LogP contribution in [0.4, 0.5) is 0 Å². The number of nitrogens with zero attached hydrogens (tertiary/aromatic N) is 1. The maximum absolute atomic E-state index is 11.3. The number of hydrogen-bond acceptors (Lipinski definition) is 2. The van der Waals surface area contributed by atoms with Crippen LogP contribution in [0, 0.1) is 0 Å². The first-order valence-corrected chi connectivity index (χ1v) is 5.61. The van der Waals surface area contributed by atoms with Gasteiger partial charge in [-0.1, -0.05) is 6.07 Å². The molecule has 0 bridgehead atoms. The van der Waals surface area contributed by atoms with Crippen LogP contribution in [0.5, 0.6) is 0 Å². The van der Waals surface area contributed by atoms with E-state index in [-0.39, 0.29) is 5.91 Å². The van der Waals surface area contributed by atoms with Crippen molar-refractivity contribution in [3.05, 3.63) is 30.5 Å². The minimum absolute atomic E-state index is 0.0539. The molecule has 0 saturated heterocycles. The zero-order chi connectivity index (χ0) is 10.1. The Morgan fingerprint density at radius 1 is 1.36 bits per heavy atom. The van der Waals surface area contributed by atoms with E-state index in [2.05, 4.69) is 6.07 Å². The van der Waals surface area contributed by atoms with Gasteiger partial charge in [0.1, 0.15) is 0 Å². The lowest BCUT2D eigenvalue weighted by atomic mass is 10.2. The van der Waals surface area contributed by atoms with E-state index >= 15 is 0 Å². The van der Waals surface area contributed by atoms with Gasteiger partial charge in [-0.25, -0.2) is 0 Å². The standard InChI is InChI=1S/C11H11NOS/c1-8(13)12-6-5-9-3-4-10(14-2)7-11(9)12/h3-7H,1-2H3. The molecule has 2 rings (SSSR count). The lowest BCUT2D eigenvalue weighted by molar-refractivity contribution is 0.0941. The summed E-state index contributed by atoms with van der Waals surface area (Å²) >= 11 is 1.68. The summed E-state index contributed by atoms with van der Waals surface area (Å²) in [5.41, 5.74) is 0.990. The monoisotopic (exact) mass is 205 g/mol. The lowest BCUT2D eigenvalue weighted by Gasteiger charge is -2.01. The van der Waals surface area contributed by atoms with Crippen LogP contribution >= 0.6 is 11.8 Å². The summed E-state index contributed by atoms with van der Waals surface area (Å²) in [6.45, 7) is 1.57. The van der Waals surface area contributed by atoms with Gasteiger partial charge in [-0.05, 0) is 24.5 Å². The second-order valence-electron chi connectivity index (χ2n) is 3.13. The van der Waals surface area contributed by atoms with Crippen LogP contribution in [0.15, 0.2) is 35.4 Å². The molecular formula is C11H11NOS. The third-order valence-corrected chi connectivity index (χ3v) is 2.96. The molecule has 0 aliphatic heterocycles. The van der Waals surface area contributed by atoms with Crippen molar-refractivity contribution in [1.29, 1.82) is 0 Å². The molecule has 1 aromatic carbocycles. The minimum Gasteiger partial charge on any atom is -0.287 e. The molecule has 2 aromatic rings. The SMILES string of the molecule is CSc1ccc2ccn(C(C)=O)c2c1. The fourth-order valence-electron chi connectivity index (χ4n) is 1.51. The zero-order valence-electron chi connectivity index (χ0n) is 8.15. The van der Waals surface area contributed by atoms with Crippen molar-refractivity contribution >= 4 is 28.6 Å². The van der Waals surface area contributed by atoms with Crippen molar-refractivity contribution in [2.24, 2.45) is 0 Å². The highest BCUT2D eigenvalue weighted by Crippen LogP contribution is 2.22. The molecule has 72 valence electrons. The van der Waals surface area contributed by atoms with Gasteiger partial charge in [0.05, 0.1) is 5.52 Å². The van der Waals surface area contributed by atoms with E-state index < -0.39 is 0 Å². The van der Waals surface area contributed by atoms with Gasteiger partial charge in [0.25, 0.3) is 0 Å². The van der Waals surface area contributed by atoms with E-state index in [1.807, 2.05) is 30.7 Å². The highest BCUT2D eigenvalue weighted by molar-refractivity contribution is 7.98. The molecule has 1 aromatic heterocycles. The fraction of sp³-hybridized carbons (Fsp3) is 0.182. The van der Waals surface area contributed by atoms with Crippen LogP contribution in [0.1, 0.15) is 11.7 Å². The van der Waals surface area contributed by atoms with Gasteiger partial charge in [0.2, 0.25) is 5.91 Å². The van der Waals surface area contributed by atoms with Crippen molar-refractivity contribution in [3.63, 3.8) is 0 Å². The van der Waals surface area contributed by atoms with Crippen LogP contribution in [0.25, 0.3) is 10.9 Å². The first kappa shape index (κ1) is 9.34. The Hall–Kier alpha value is -1.22. The van der Waals surface area contributed by atoms with Crippen LogP contribution in [-0.2, 0) is 0 Å². The Morgan fingerprint density at radius 3 is 2.79 bits per heavy atom. The van der Waals surface area contributed by atoms with Gasteiger partial charge >= 0.3 is 0 Å². The molecule has 0 unspecified atom stereocenters. The fourth-order valence-corrected chi connectivity index (χ4v) is 1.94. The van der Waals surface area contributed by atoms with Crippen LogP contribution in [-0.4, -0.2) is 16.7 Å². The van der Waals surface area contributed by atoms with E-state index in [9.17, 15) is 4.79 Å². The van der Waals surface area contributed by atoms with Crippen molar-refractivity contribution < 1.29 is 4.79 Å².